The van der Waals surface area contributed by atoms with E-state index in [1.165, 1.54) is 0 Å². The zero-order valence-electron chi connectivity index (χ0n) is 12.8. The lowest BCUT2D eigenvalue weighted by Crippen LogP contribution is -2.28. The van der Waals surface area contributed by atoms with Gasteiger partial charge in [-0.3, -0.25) is 4.57 Å². The number of nitrogens with two attached hydrogens (primary N) is 2. The Hall–Kier alpha value is -3.06. The maximum absolute atomic E-state index is 10.0. The molecule has 0 aliphatic carbocycles. The molecule has 0 aliphatic heterocycles. The van der Waals surface area contributed by atoms with Crippen molar-refractivity contribution >= 4 is 23.8 Å². The average Bonchev–Trinajstić information content (AvgIpc) is 2.74. The highest BCUT2D eigenvalue weighted by Gasteiger charge is 2.18. The maximum Gasteiger partial charge on any atom is 0.120 e. The molecule has 1 aromatic carbocycles. The summed E-state index contributed by atoms with van der Waals surface area (Å²) in [6, 6.07) is 3.47. The Morgan fingerprint density at radius 3 is 2.45 bits per heavy atom. The molecule has 1 heterocycles. The van der Waals surface area contributed by atoms with Gasteiger partial charge in [0.05, 0.1) is 22.3 Å². The summed E-state index contributed by atoms with van der Waals surface area (Å²) in [6.45, 7) is 15.0. The van der Waals surface area contributed by atoms with Gasteiger partial charge in [0.25, 0.3) is 0 Å². The van der Waals surface area contributed by atoms with E-state index in [-0.39, 0.29) is 5.75 Å². The Bertz CT molecular complexity index is 953. The molecule has 0 unspecified atom stereocenters. The first kappa shape index (κ1) is 15.3. The SMILES string of the molecule is C=C=C(N)c1c(N)n(-c2c(C)ccc(O)c2C)c(=C=C)c1=C. The van der Waals surface area contributed by atoms with Gasteiger partial charge >= 0.3 is 0 Å². The van der Waals surface area contributed by atoms with Crippen LogP contribution in [0.4, 0.5) is 5.82 Å². The summed E-state index contributed by atoms with van der Waals surface area (Å²) in [4.78, 5) is 0. The number of benzene rings is 1. The first-order valence-electron chi connectivity index (χ1n) is 6.69. The van der Waals surface area contributed by atoms with Gasteiger partial charge in [0.1, 0.15) is 11.6 Å². The monoisotopic (exact) mass is 293 g/mol. The summed E-state index contributed by atoms with van der Waals surface area (Å²) in [6.07, 6.45) is 0. The summed E-state index contributed by atoms with van der Waals surface area (Å²) in [5, 5.41) is 11.2. The molecule has 4 nitrogen and oxygen atoms in total. The predicted octanol–water partition coefficient (Wildman–Crippen LogP) is 1.44. The van der Waals surface area contributed by atoms with Gasteiger partial charge in [-0.15, -0.1) is 11.5 Å². The summed E-state index contributed by atoms with van der Waals surface area (Å²) >= 11 is 0. The zero-order chi connectivity index (χ0) is 16.6. The second-order valence-electron chi connectivity index (χ2n) is 5.07. The number of nitrogen functional groups attached to an aromatic ring is 1. The second kappa shape index (κ2) is 5.38. The third-order valence-electron chi connectivity index (χ3n) is 3.76. The third-order valence-corrected chi connectivity index (χ3v) is 3.76. The summed E-state index contributed by atoms with van der Waals surface area (Å²) in [7, 11) is 0. The lowest BCUT2D eigenvalue weighted by Gasteiger charge is -2.15. The molecule has 0 atom stereocenters. The molecule has 1 aromatic heterocycles. The number of phenolic OH excluding ortho intramolecular Hbond substituents is 1. The highest BCUT2D eigenvalue weighted by molar-refractivity contribution is 5.74. The Morgan fingerprint density at radius 1 is 1.27 bits per heavy atom. The minimum Gasteiger partial charge on any atom is -0.508 e. The fourth-order valence-corrected chi connectivity index (χ4v) is 2.62. The van der Waals surface area contributed by atoms with Crippen LogP contribution in [-0.2, 0) is 0 Å². The molecular formula is C18H19N3O. The molecule has 0 amide bonds. The topological polar surface area (TPSA) is 77.2 Å². The minimum atomic E-state index is 0.183. The van der Waals surface area contributed by atoms with Gasteiger partial charge in [0.2, 0.25) is 0 Å². The molecule has 5 N–H and O–H groups in total. The van der Waals surface area contributed by atoms with Crippen LogP contribution in [-0.4, -0.2) is 9.67 Å². The van der Waals surface area contributed by atoms with Crippen molar-refractivity contribution in [2.45, 2.75) is 13.8 Å². The van der Waals surface area contributed by atoms with Crippen molar-refractivity contribution in [2.75, 3.05) is 5.73 Å². The van der Waals surface area contributed by atoms with E-state index in [9.17, 15) is 5.11 Å². The molecular weight excluding hydrogens is 274 g/mol. The first-order chi connectivity index (χ1) is 10.3. The smallest absolute Gasteiger partial charge is 0.120 e. The van der Waals surface area contributed by atoms with E-state index in [1.54, 1.807) is 10.6 Å². The van der Waals surface area contributed by atoms with Crippen molar-refractivity contribution in [1.29, 1.82) is 0 Å². The van der Waals surface area contributed by atoms with Crippen molar-refractivity contribution < 1.29 is 5.11 Å². The van der Waals surface area contributed by atoms with Gasteiger partial charge in [-0.2, -0.15) is 0 Å². The summed E-state index contributed by atoms with van der Waals surface area (Å²) < 4.78 is 1.75. The van der Waals surface area contributed by atoms with E-state index < -0.39 is 0 Å². The Morgan fingerprint density at radius 2 is 1.91 bits per heavy atom. The van der Waals surface area contributed by atoms with Crippen LogP contribution in [0.3, 0.4) is 0 Å². The van der Waals surface area contributed by atoms with Crippen molar-refractivity contribution in [2.24, 2.45) is 5.73 Å². The molecule has 0 radical (unpaired) electrons. The normalized spacial score (nSPS) is 10.1. The number of rotatable bonds is 2. The van der Waals surface area contributed by atoms with E-state index in [0.717, 1.165) is 11.3 Å². The van der Waals surface area contributed by atoms with Crippen LogP contribution in [0.2, 0.25) is 0 Å². The fraction of sp³-hybridized carbons (Fsp3) is 0.111. The van der Waals surface area contributed by atoms with Gasteiger partial charge in [-0.1, -0.05) is 25.8 Å². The molecule has 0 saturated heterocycles. The summed E-state index contributed by atoms with van der Waals surface area (Å²) in [5.41, 5.74) is 21.0. The third kappa shape index (κ3) is 2.04. The number of phenols is 1. The Kier molecular flexibility index (Phi) is 3.75. The highest BCUT2D eigenvalue weighted by Crippen LogP contribution is 2.28. The molecule has 0 bridgehead atoms. The van der Waals surface area contributed by atoms with Crippen molar-refractivity contribution in [3.63, 3.8) is 0 Å². The lowest BCUT2D eigenvalue weighted by atomic mass is 10.1. The van der Waals surface area contributed by atoms with Crippen LogP contribution in [0.5, 0.6) is 5.75 Å². The largest absolute Gasteiger partial charge is 0.508 e. The van der Waals surface area contributed by atoms with Crippen LogP contribution in [0, 0.1) is 13.8 Å². The number of hydrogen-bond donors (Lipinski definition) is 3. The van der Waals surface area contributed by atoms with E-state index in [0.29, 0.717) is 33.2 Å². The molecule has 2 aromatic rings. The highest BCUT2D eigenvalue weighted by atomic mass is 16.3. The van der Waals surface area contributed by atoms with Crippen LogP contribution in [0.1, 0.15) is 16.7 Å². The summed E-state index contributed by atoms with van der Waals surface area (Å²) in [5.74, 6) is 0.574. The molecule has 0 spiro atoms. The molecule has 22 heavy (non-hydrogen) atoms. The van der Waals surface area contributed by atoms with Crippen LogP contribution >= 0.6 is 0 Å². The molecule has 112 valence electrons. The molecule has 0 fully saturated rings. The Labute approximate surface area is 129 Å². The van der Waals surface area contributed by atoms with Crippen LogP contribution < -0.4 is 22.0 Å². The van der Waals surface area contributed by atoms with E-state index in [2.05, 4.69) is 31.2 Å². The molecule has 0 aliphatic rings. The number of aryl methyl sites for hydroxylation is 1. The second-order valence-corrected chi connectivity index (χ2v) is 5.07. The number of nitrogens with zero attached hydrogens (tertiary/aromatic N) is 1. The quantitative estimate of drug-likeness (QED) is 0.733. The Balaban J connectivity index is 3.09. The average molecular weight is 293 g/mol. The number of aromatic nitrogens is 1. The number of hydrogen-bond acceptors (Lipinski definition) is 3. The minimum absolute atomic E-state index is 0.183. The zero-order valence-corrected chi connectivity index (χ0v) is 12.8. The van der Waals surface area contributed by atoms with Crippen molar-refractivity contribution in [3.8, 4) is 11.4 Å². The first-order valence-corrected chi connectivity index (χ1v) is 6.69. The molecule has 2 rings (SSSR count). The standard InChI is InChI=1S/C18H19N3O/c1-6-13(19)16-11(4)14(7-2)21(18(16)20)17-10(3)8-9-15(22)12(17)5/h8-9,22H,1-2,4,19-20H2,3,5H3. The van der Waals surface area contributed by atoms with Crippen molar-refractivity contribution in [1.82, 2.24) is 4.57 Å². The van der Waals surface area contributed by atoms with Crippen LogP contribution in [0.25, 0.3) is 23.7 Å². The van der Waals surface area contributed by atoms with Crippen LogP contribution in [0.15, 0.2) is 31.0 Å². The van der Waals surface area contributed by atoms with Gasteiger partial charge in [-0.25, -0.2) is 0 Å². The fourth-order valence-electron chi connectivity index (χ4n) is 2.62. The lowest BCUT2D eigenvalue weighted by molar-refractivity contribution is 0.470. The van der Waals surface area contributed by atoms with Gasteiger partial charge in [0.15, 0.2) is 0 Å². The van der Waals surface area contributed by atoms with Crippen molar-refractivity contribution in [3.05, 3.63) is 58.3 Å². The number of aromatic hydroxyl groups is 1. The van der Waals surface area contributed by atoms with E-state index in [4.69, 9.17) is 11.5 Å². The van der Waals surface area contributed by atoms with Gasteiger partial charge < -0.3 is 16.6 Å². The molecule has 4 heteroatoms. The number of anilines is 1. The van der Waals surface area contributed by atoms with Gasteiger partial charge in [-0.05, 0) is 25.5 Å². The predicted molar refractivity (Wildman–Crippen MR) is 91.9 cm³/mol. The van der Waals surface area contributed by atoms with E-state index >= 15 is 0 Å². The van der Waals surface area contributed by atoms with E-state index in [1.807, 2.05) is 19.9 Å². The maximum atomic E-state index is 10.0. The molecule has 0 saturated carbocycles. The van der Waals surface area contributed by atoms with Gasteiger partial charge in [0, 0.05) is 10.8 Å².